The number of benzene rings is 3. The number of hydrogen-bond donors (Lipinski definition) is 2. The van der Waals surface area contributed by atoms with Gasteiger partial charge in [-0.1, -0.05) is 59.6 Å². The van der Waals surface area contributed by atoms with Crippen molar-refractivity contribution in [3.63, 3.8) is 0 Å². The molecule has 0 aromatic heterocycles. The van der Waals surface area contributed by atoms with E-state index in [1.54, 1.807) is 24.3 Å². The number of fused-ring (bicyclic) bond motifs is 1. The van der Waals surface area contributed by atoms with Crippen molar-refractivity contribution in [1.82, 2.24) is 10.9 Å². The van der Waals surface area contributed by atoms with Crippen LogP contribution in [0.4, 0.5) is 0 Å². The summed E-state index contributed by atoms with van der Waals surface area (Å²) in [5, 5.41) is 2.86. The third-order valence-corrected chi connectivity index (χ3v) is 4.68. The Bertz CT molecular complexity index is 1040. The molecule has 0 spiro atoms. The molecule has 6 nitrogen and oxygen atoms in total. The van der Waals surface area contributed by atoms with E-state index in [1.807, 2.05) is 36.4 Å². The molecule has 2 amide bonds. The second-order valence-corrected chi connectivity index (χ2v) is 7.23. The zero-order valence-electron chi connectivity index (χ0n) is 16.0. The minimum absolute atomic E-state index is 0.176. The number of carbonyl (C=O) groups is 2. The van der Waals surface area contributed by atoms with Crippen LogP contribution in [0.2, 0.25) is 10.0 Å². The average Bonchev–Trinajstić information content (AvgIpc) is 2.75. The molecule has 0 radical (unpaired) electrons. The van der Waals surface area contributed by atoms with E-state index in [2.05, 4.69) is 10.9 Å². The van der Waals surface area contributed by atoms with Crippen molar-refractivity contribution in [2.75, 3.05) is 13.2 Å². The van der Waals surface area contributed by atoms with E-state index in [0.717, 1.165) is 10.8 Å². The standard InChI is InChI=1S/C22H20Cl2N2O4/c23-16-10-11-20(18(24)13-16)29-12-4-9-21(27)25-26-22(28)14-30-19-8-3-6-15-5-1-2-7-17(15)19/h1-3,5-8,10-11,13H,4,9,12,14H2,(H,25,27)(H,26,28). The largest absolute Gasteiger partial charge is 0.492 e. The lowest BCUT2D eigenvalue weighted by atomic mass is 10.1. The first-order valence-electron chi connectivity index (χ1n) is 9.29. The van der Waals surface area contributed by atoms with Gasteiger partial charge in [-0.15, -0.1) is 0 Å². The van der Waals surface area contributed by atoms with Gasteiger partial charge in [-0.3, -0.25) is 20.4 Å². The summed E-state index contributed by atoms with van der Waals surface area (Å²) in [7, 11) is 0. The molecule has 0 unspecified atom stereocenters. The fraction of sp³-hybridized carbons (Fsp3) is 0.182. The number of halogens is 2. The minimum atomic E-state index is -0.458. The van der Waals surface area contributed by atoms with Gasteiger partial charge in [0.1, 0.15) is 11.5 Å². The molecule has 3 rings (SSSR count). The van der Waals surface area contributed by atoms with E-state index in [4.69, 9.17) is 32.7 Å². The molecular weight excluding hydrogens is 427 g/mol. The maximum atomic E-state index is 11.9. The van der Waals surface area contributed by atoms with E-state index < -0.39 is 5.91 Å². The van der Waals surface area contributed by atoms with Crippen LogP contribution in [0.15, 0.2) is 60.7 Å². The summed E-state index contributed by atoms with van der Waals surface area (Å²) < 4.78 is 11.1. The highest BCUT2D eigenvalue weighted by atomic mass is 35.5. The summed E-state index contributed by atoms with van der Waals surface area (Å²) in [6.07, 6.45) is 0.628. The Morgan fingerprint density at radius 1 is 0.833 bits per heavy atom. The van der Waals surface area contributed by atoms with Gasteiger partial charge < -0.3 is 9.47 Å². The molecule has 2 N–H and O–H groups in total. The number of carbonyl (C=O) groups excluding carboxylic acids is 2. The van der Waals surface area contributed by atoms with Crippen molar-refractivity contribution in [3.8, 4) is 11.5 Å². The molecule has 0 saturated heterocycles. The number of rotatable bonds is 8. The van der Waals surface area contributed by atoms with Crippen molar-refractivity contribution >= 4 is 45.8 Å². The van der Waals surface area contributed by atoms with E-state index in [-0.39, 0.29) is 18.9 Å². The number of hydrazine groups is 1. The molecule has 8 heteroatoms. The first-order valence-corrected chi connectivity index (χ1v) is 10.0. The van der Waals surface area contributed by atoms with E-state index in [1.165, 1.54) is 0 Å². The molecule has 0 heterocycles. The second-order valence-electron chi connectivity index (χ2n) is 6.39. The van der Waals surface area contributed by atoms with Crippen LogP contribution in [-0.4, -0.2) is 25.0 Å². The Morgan fingerprint density at radius 2 is 1.60 bits per heavy atom. The highest BCUT2D eigenvalue weighted by Gasteiger charge is 2.08. The summed E-state index contributed by atoms with van der Waals surface area (Å²) in [6, 6.07) is 18.3. The maximum absolute atomic E-state index is 11.9. The van der Waals surface area contributed by atoms with Crippen LogP contribution in [-0.2, 0) is 9.59 Å². The van der Waals surface area contributed by atoms with Crippen LogP contribution in [0.3, 0.4) is 0 Å². The topological polar surface area (TPSA) is 76.7 Å². The molecule has 3 aromatic carbocycles. The third-order valence-electron chi connectivity index (χ3n) is 4.15. The van der Waals surface area contributed by atoms with Crippen molar-refractivity contribution in [2.45, 2.75) is 12.8 Å². The maximum Gasteiger partial charge on any atom is 0.276 e. The zero-order chi connectivity index (χ0) is 21.3. The number of amides is 2. The lowest BCUT2D eigenvalue weighted by molar-refractivity contribution is -0.130. The van der Waals surface area contributed by atoms with Crippen molar-refractivity contribution in [3.05, 3.63) is 70.7 Å². The molecular formula is C22H20Cl2N2O4. The van der Waals surface area contributed by atoms with E-state index >= 15 is 0 Å². The van der Waals surface area contributed by atoms with E-state index in [9.17, 15) is 9.59 Å². The second kappa shape index (κ2) is 10.7. The number of ether oxygens (including phenoxy) is 2. The molecule has 0 aliphatic heterocycles. The lowest BCUT2D eigenvalue weighted by Crippen LogP contribution is -2.43. The fourth-order valence-corrected chi connectivity index (χ4v) is 3.17. The Labute approximate surface area is 184 Å². The van der Waals surface area contributed by atoms with Crippen LogP contribution in [0.25, 0.3) is 10.8 Å². The van der Waals surface area contributed by atoms with Crippen LogP contribution in [0, 0.1) is 0 Å². The third kappa shape index (κ3) is 6.27. The summed E-state index contributed by atoms with van der Waals surface area (Å²) in [4.78, 5) is 23.8. The van der Waals surface area contributed by atoms with Crippen molar-refractivity contribution < 1.29 is 19.1 Å². The molecule has 156 valence electrons. The van der Waals surface area contributed by atoms with Gasteiger partial charge >= 0.3 is 0 Å². The quantitative estimate of drug-likeness (QED) is 0.393. The van der Waals surface area contributed by atoms with Crippen LogP contribution in [0.5, 0.6) is 11.5 Å². The highest BCUT2D eigenvalue weighted by Crippen LogP contribution is 2.27. The first-order chi connectivity index (χ1) is 14.5. The molecule has 0 fully saturated rings. The van der Waals surface area contributed by atoms with Gasteiger partial charge in [0.25, 0.3) is 5.91 Å². The monoisotopic (exact) mass is 446 g/mol. The molecule has 0 aliphatic carbocycles. The van der Waals surface area contributed by atoms with Crippen molar-refractivity contribution in [2.24, 2.45) is 0 Å². The fourth-order valence-electron chi connectivity index (χ4n) is 2.71. The Balaban J connectivity index is 1.34. The van der Waals surface area contributed by atoms with Gasteiger partial charge in [0.15, 0.2) is 6.61 Å². The summed E-state index contributed by atoms with van der Waals surface area (Å²) in [5.74, 6) is 0.313. The summed E-state index contributed by atoms with van der Waals surface area (Å²) in [6.45, 7) is 0.0827. The Hall–Kier alpha value is -2.96. The molecule has 3 aromatic rings. The summed E-state index contributed by atoms with van der Waals surface area (Å²) in [5.41, 5.74) is 4.69. The van der Waals surface area contributed by atoms with Crippen LogP contribution in [0.1, 0.15) is 12.8 Å². The SMILES string of the molecule is O=C(CCCOc1ccc(Cl)cc1Cl)NNC(=O)COc1cccc2ccccc12. The highest BCUT2D eigenvalue weighted by molar-refractivity contribution is 6.35. The van der Waals surface area contributed by atoms with Crippen LogP contribution >= 0.6 is 23.2 Å². The van der Waals surface area contributed by atoms with E-state index in [0.29, 0.717) is 34.6 Å². The average molecular weight is 447 g/mol. The molecule has 0 aliphatic rings. The van der Waals surface area contributed by atoms with Gasteiger partial charge in [-0.05, 0) is 36.1 Å². The number of nitrogens with one attached hydrogen (secondary N) is 2. The minimum Gasteiger partial charge on any atom is -0.492 e. The molecule has 0 saturated carbocycles. The normalized spacial score (nSPS) is 10.5. The first kappa shape index (κ1) is 21.7. The summed E-state index contributed by atoms with van der Waals surface area (Å²) >= 11 is 11.8. The lowest BCUT2D eigenvalue weighted by Gasteiger charge is -2.11. The van der Waals surface area contributed by atoms with Crippen molar-refractivity contribution in [1.29, 1.82) is 0 Å². The predicted octanol–water partition coefficient (Wildman–Crippen LogP) is 4.53. The number of hydrogen-bond acceptors (Lipinski definition) is 4. The Morgan fingerprint density at radius 3 is 2.43 bits per heavy atom. The molecule has 0 atom stereocenters. The van der Waals surface area contributed by atoms with Gasteiger partial charge in [0.05, 0.1) is 11.6 Å². The van der Waals surface area contributed by atoms with Gasteiger partial charge in [-0.2, -0.15) is 0 Å². The molecule has 0 bridgehead atoms. The predicted molar refractivity (Wildman–Crippen MR) is 117 cm³/mol. The molecule has 30 heavy (non-hydrogen) atoms. The smallest absolute Gasteiger partial charge is 0.276 e. The van der Waals surface area contributed by atoms with Gasteiger partial charge in [-0.25, -0.2) is 0 Å². The van der Waals surface area contributed by atoms with Crippen LogP contribution < -0.4 is 20.3 Å². The zero-order valence-corrected chi connectivity index (χ0v) is 17.5. The van der Waals surface area contributed by atoms with Gasteiger partial charge in [0, 0.05) is 16.8 Å². The van der Waals surface area contributed by atoms with Gasteiger partial charge in [0.2, 0.25) is 5.91 Å². The Kier molecular flexibility index (Phi) is 7.76.